The molecule has 0 aromatic heterocycles. The molecule has 1 aliphatic carbocycles. The van der Waals surface area contributed by atoms with Gasteiger partial charge in [0.05, 0.1) is 11.6 Å². The molecule has 3 heteroatoms. The lowest BCUT2D eigenvalue weighted by Crippen LogP contribution is -2.22. The van der Waals surface area contributed by atoms with E-state index in [1.807, 2.05) is 6.07 Å². The molecule has 1 fully saturated rings. The minimum absolute atomic E-state index is 0.104. The van der Waals surface area contributed by atoms with Crippen molar-refractivity contribution < 1.29 is 4.79 Å². The number of anilines is 1. The summed E-state index contributed by atoms with van der Waals surface area (Å²) < 4.78 is 0. The number of rotatable bonds is 2. The van der Waals surface area contributed by atoms with E-state index in [2.05, 4.69) is 11.4 Å². The Hall–Kier alpha value is -1.82. The van der Waals surface area contributed by atoms with E-state index in [4.69, 9.17) is 5.26 Å². The van der Waals surface area contributed by atoms with E-state index in [-0.39, 0.29) is 11.8 Å². The third-order valence-electron chi connectivity index (χ3n) is 3.49. The van der Waals surface area contributed by atoms with Gasteiger partial charge in [0.1, 0.15) is 0 Å². The molecule has 94 valence electrons. The van der Waals surface area contributed by atoms with Gasteiger partial charge in [-0.3, -0.25) is 4.79 Å². The number of hydrogen-bond acceptors (Lipinski definition) is 2. The number of nitrogens with one attached hydrogen (secondary N) is 1. The maximum atomic E-state index is 12.1. The first-order valence-electron chi connectivity index (χ1n) is 6.60. The Morgan fingerprint density at radius 1 is 1.22 bits per heavy atom. The van der Waals surface area contributed by atoms with Gasteiger partial charge < -0.3 is 5.32 Å². The number of benzene rings is 1. The van der Waals surface area contributed by atoms with Crippen LogP contribution in [0.3, 0.4) is 0 Å². The van der Waals surface area contributed by atoms with Crippen LogP contribution in [-0.4, -0.2) is 5.91 Å². The smallest absolute Gasteiger partial charge is 0.227 e. The molecule has 1 saturated carbocycles. The molecule has 0 spiro atoms. The van der Waals surface area contributed by atoms with Gasteiger partial charge in [-0.1, -0.05) is 31.7 Å². The van der Waals surface area contributed by atoms with Crippen molar-refractivity contribution in [3.05, 3.63) is 29.8 Å². The molecule has 1 aromatic rings. The molecule has 0 heterocycles. The fourth-order valence-corrected chi connectivity index (χ4v) is 2.45. The standard InChI is InChI=1S/C15H18N2O/c16-11-12-6-5-9-14(10-12)17-15(18)13-7-3-1-2-4-8-13/h5-6,9-10,13H,1-4,7-8H2,(H,17,18). The molecule has 18 heavy (non-hydrogen) atoms. The summed E-state index contributed by atoms with van der Waals surface area (Å²) in [7, 11) is 0. The van der Waals surface area contributed by atoms with Crippen LogP contribution in [0.5, 0.6) is 0 Å². The van der Waals surface area contributed by atoms with E-state index in [1.54, 1.807) is 18.2 Å². The molecule has 1 N–H and O–H groups in total. The summed E-state index contributed by atoms with van der Waals surface area (Å²) >= 11 is 0. The van der Waals surface area contributed by atoms with Gasteiger partial charge in [-0.2, -0.15) is 5.26 Å². The largest absolute Gasteiger partial charge is 0.326 e. The van der Waals surface area contributed by atoms with E-state index in [0.717, 1.165) is 31.4 Å². The summed E-state index contributed by atoms with van der Waals surface area (Å²) in [6, 6.07) is 9.15. The maximum Gasteiger partial charge on any atom is 0.227 e. The molecule has 0 saturated heterocycles. The van der Waals surface area contributed by atoms with Crippen molar-refractivity contribution in [1.82, 2.24) is 0 Å². The Balaban J connectivity index is 1.99. The van der Waals surface area contributed by atoms with Gasteiger partial charge in [0.2, 0.25) is 5.91 Å². The number of amides is 1. The Morgan fingerprint density at radius 2 is 1.94 bits per heavy atom. The third kappa shape index (κ3) is 3.33. The molecule has 1 aliphatic rings. The van der Waals surface area contributed by atoms with Crippen molar-refractivity contribution >= 4 is 11.6 Å². The number of hydrogen-bond donors (Lipinski definition) is 1. The van der Waals surface area contributed by atoms with Crippen LogP contribution >= 0.6 is 0 Å². The highest BCUT2D eigenvalue weighted by atomic mass is 16.1. The van der Waals surface area contributed by atoms with Crippen molar-refractivity contribution in [2.75, 3.05) is 5.32 Å². The van der Waals surface area contributed by atoms with Gasteiger partial charge in [-0.05, 0) is 31.0 Å². The van der Waals surface area contributed by atoms with E-state index in [0.29, 0.717) is 5.56 Å². The van der Waals surface area contributed by atoms with Crippen molar-refractivity contribution in [1.29, 1.82) is 5.26 Å². The van der Waals surface area contributed by atoms with Gasteiger partial charge in [-0.15, -0.1) is 0 Å². The quantitative estimate of drug-likeness (QED) is 0.807. The molecule has 0 bridgehead atoms. The highest BCUT2D eigenvalue weighted by molar-refractivity contribution is 5.92. The lowest BCUT2D eigenvalue weighted by molar-refractivity contribution is -0.120. The first-order chi connectivity index (χ1) is 8.79. The number of nitriles is 1. The summed E-state index contributed by atoms with van der Waals surface area (Å²) in [5.41, 5.74) is 1.30. The van der Waals surface area contributed by atoms with Crippen LogP contribution in [0.1, 0.15) is 44.1 Å². The van der Waals surface area contributed by atoms with Crippen LogP contribution in [0.4, 0.5) is 5.69 Å². The minimum atomic E-state index is 0.104. The molecule has 0 atom stereocenters. The van der Waals surface area contributed by atoms with Crippen LogP contribution in [0.2, 0.25) is 0 Å². The zero-order valence-electron chi connectivity index (χ0n) is 10.5. The molecule has 1 amide bonds. The number of carbonyl (C=O) groups excluding carboxylic acids is 1. The zero-order valence-corrected chi connectivity index (χ0v) is 10.5. The molecule has 2 rings (SSSR count). The van der Waals surface area contributed by atoms with E-state index >= 15 is 0 Å². The minimum Gasteiger partial charge on any atom is -0.326 e. The summed E-state index contributed by atoms with van der Waals surface area (Å²) in [5, 5.41) is 11.7. The van der Waals surface area contributed by atoms with Crippen molar-refractivity contribution in [2.24, 2.45) is 5.92 Å². The molecule has 0 radical (unpaired) electrons. The Morgan fingerprint density at radius 3 is 2.61 bits per heavy atom. The van der Waals surface area contributed by atoms with Crippen LogP contribution in [0.15, 0.2) is 24.3 Å². The fraction of sp³-hybridized carbons (Fsp3) is 0.467. The van der Waals surface area contributed by atoms with Gasteiger partial charge in [0, 0.05) is 11.6 Å². The monoisotopic (exact) mass is 242 g/mol. The summed E-state index contributed by atoms with van der Waals surface area (Å²) in [4.78, 5) is 12.1. The number of nitrogens with zero attached hydrogens (tertiary/aromatic N) is 1. The number of carbonyl (C=O) groups is 1. The highest BCUT2D eigenvalue weighted by Crippen LogP contribution is 2.24. The predicted octanol–water partition coefficient (Wildman–Crippen LogP) is 3.47. The van der Waals surface area contributed by atoms with Crippen molar-refractivity contribution in [3.63, 3.8) is 0 Å². The van der Waals surface area contributed by atoms with E-state index < -0.39 is 0 Å². The van der Waals surface area contributed by atoms with Gasteiger partial charge >= 0.3 is 0 Å². The average molecular weight is 242 g/mol. The van der Waals surface area contributed by atoms with E-state index in [9.17, 15) is 4.79 Å². The first-order valence-corrected chi connectivity index (χ1v) is 6.60. The lowest BCUT2D eigenvalue weighted by atomic mass is 9.99. The second-order valence-corrected chi connectivity index (χ2v) is 4.87. The highest BCUT2D eigenvalue weighted by Gasteiger charge is 2.19. The van der Waals surface area contributed by atoms with Crippen LogP contribution in [-0.2, 0) is 4.79 Å². The molecular formula is C15H18N2O. The summed E-state index contributed by atoms with van der Waals surface area (Å²) in [5.74, 6) is 0.241. The van der Waals surface area contributed by atoms with Gasteiger partial charge in [0.25, 0.3) is 0 Å². The van der Waals surface area contributed by atoms with Crippen molar-refractivity contribution in [2.45, 2.75) is 38.5 Å². The molecule has 0 aliphatic heterocycles. The fourth-order valence-electron chi connectivity index (χ4n) is 2.45. The van der Waals surface area contributed by atoms with Crippen LogP contribution in [0.25, 0.3) is 0 Å². The molecular weight excluding hydrogens is 224 g/mol. The zero-order chi connectivity index (χ0) is 12.8. The Bertz CT molecular complexity index is 454. The molecule has 1 aromatic carbocycles. The van der Waals surface area contributed by atoms with Gasteiger partial charge in [-0.25, -0.2) is 0 Å². The third-order valence-corrected chi connectivity index (χ3v) is 3.49. The van der Waals surface area contributed by atoms with Crippen LogP contribution in [0, 0.1) is 17.2 Å². The molecule has 0 unspecified atom stereocenters. The predicted molar refractivity (Wildman–Crippen MR) is 71.0 cm³/mol. The average Bonchev–Trinajstić information content (AvgIpc) is 2.68. The van der Waals surface area contributed by atoms with Crippen LogP contribution < -0.4 is 5.32 Å². The normalized spacial score (nSPS) is 16.6. The lowest BCUT2D eigenvalue weighted by Gasteiger charge is -2.14. The molecule has 3 nitrogen and oxygen atoms in total. The summed E-state index contributed by atoms with van der Waals surface area (Å²) in [6.07, 6.45) is 6.77. The van der Waals surface area contributed by atoms with Gasteiger partial charge in [0.15, 0.2) is 0 Å². The SMILES string of the molecule is N#Cc1cccc(NC(=O)C2CCCCCC2)c1. The Kier molecular flexibility index (Phi) is 4.35. The second-order valence-electron chi connectivity index (χ2n) is 4.87. The Labute approximate surface area is 108 Å². The second kappa shape index (κ2) is 6.20. The van der Waals surface area contributed by atoms with E-state index in [1.165, 1.54) is 12.8 Å². The summed E-state index contributed by atoms with van der Waals surface area (Å²) in [6.45, 7) is 0. The first kappa shape index (κ1) is 12.6. The maximum absolute atomic E-state index is 12.1. The topological polar surface area (TPSA) is 52.9 Å². The van der Waals surface area contributed by atoms with Crippen molar-refractivity contribution in [3.8, 4) is 6.07 Å².